The molecule has 1 aromatic rings. The molecule has 1 aromatic heterocycles. The van der Waals surface area contributed by atoms with Gasteiger partial charge in [0, 0.05) is 30.8 Å². The van der Waals surface area contributed by atoms with Crippen LogP contribution in [0, 0.1) is 12.8 Å². The fraction of sp³-hybridized carbons (Fsp3) is 0.600. The van der Waals surface area contributed by atoms with Crippen molar-refractivity contribution in [2.45, 2.75) is 39.0 Å². The fourth-order valence-corrected chi connectivity index (χ4v) is 2.98. The van der Waals surface area contributed by atoms with E-state index in [2.05, 4.69) is 9.97 Å². The van der Waals surface area contributed by atoms with Crippen molar-refractivity contribution in [3.63, 3.8) is 0 Å². The van der Waals surface area contributed by atoms with Crippen LogP contribution >= 0.6 is 0 Å². The third-order valence-electron chi connectivity index (χ3n) is 4.25. The van der Waals surface area contributed by atoms with Crippen LogP contribution in [0.4, 0.5) is 0 Å². The highest BCUT2D eigenvalue weighted by Crippen LogP contribution is 2.21. The fourth-order valence-electron chi connectivity index (χ4n) is 2.98. The van der Waals surface area contributed by atoms with Crippen molar-refractivity contribution < 1.29 is 9.59 Å². The number of aryl methyl sites for hydroxylation is 1. The van der Waals surface area contributed by atoms with E-state index < -0.39 is 11.2 Å². The molecular formula is C15H22N4O4. The first-order valence-electron chi connectivity index (χ1n) is 7.75. The largest absolute Gasteiger partial charge is 0.370 e. The molecule has 0 unspecified atom stereocenters. The second-order valence-corrected chi connectivity index (χ2v) is 6.04. The topological polar surface area (TPSA) is 129 Å². The molecule has 2 rings (SSSR count). The minimum Gasteiger partial charge on any atom is -0.370 e. The smallest absolute Gasteiger partial charge is 0.325 e. The third kappa shape index (κ3) is 4.54. The summed E-state index contributed by atoms with van der Waals surface area (Å²) in [5.74, 6) is -0.214. The van der Waals surface area contributed by atoms with Gasteiger partial charge in [0.15, 0.2) is 0 Å². The Kier molecular flexibility index (Phi) is 5.36. The lowest BCUT2D eigenvalue weighted by Crippen LogP contribution is -2.42. The van der Waals surface area contributed by atoms with E-state index in [0.717, 1.165) is 12.8 Å². The molecule has 4 N–H and O–H groups in total. The molecular weight excluding hydrogens is 300 g/mol. The molecule has 0 bridgehead atoms. The van der Waals surface area contributed by atoms with Gasteiger partial charge in [0.05, 0.1) is 6.42 Å². The maximum atomic E-state index is 12.4. The standard InChI is InChI=1S/C15H22N4O4/c1-9-11(14(22)18-15(23)17-9)7-13(21)19-6-2-3-10(8-19)4-5-12(16)20/h10H,2-8H2,1H3,(H2,16,20)(H2,17,18,22,23)/t10-/m1/s1. The lowest BCUT2D eigenvalue weighted by molar-refractivity contribution is -0.132. The summed E-state index contributed by atoms with van der Waals surface area (Å²) in [6.45, 7) is 2.82. The van der Waals surface area contributed by atoms with Crippen LogP contribution in [0.15, 0.2) is 9.59 Å². The molecule has 0 saturated carbocycles. The zero-order chi connectivity index (χ0) is 17.0. The van der Waals surface area contributed by atoms with Gasteiger partial charge in [-0.15, -0.1) is 0 Å². The predicted octanol–water partition coefficient (Wildman–Crippen LogP) is -0.582. The van der Waals surface area contributed by atoms with E-state index in [1.807, 2.05) is 0 Å². The zero-order valence-electron chi connectivity index (χ0n) is 13.2. The molecule has 126 valence electrons. The molecule has 1 saturated heterocycles. The van der Waals surface area contributed by atoms with Crippen molar-refractivity contribution in [1.29, 1.82) is 0 Å². The van der Waals surface area contributed by atoms with Crippen LogP contribution in [0.3, 0.4) is 0 Å². The van der Waals surface area contributed by atoms with E-state index in [0.29, 0.717) is 31.6 Å². The Hall–Kier alpha value is -2.38. The van der Waals surface area contributed by atoms with Crippen molar-refractivity contribution in [2.24, 2.45) is 11.7 Å². The predicted molar refractivity (Wildman–Crippen MR) is 83.9 cm³/mol. The maximum absolute atomic E-state index is 12.4. The second kappa shape index (κ2) is 7.26. The molecule has 1 aliphatic heterocycles. The highest BCUT2D eigenvalue weighted by molar-refractivity contribution is 5.79. The Morgan fingerprint density at radius 1 is 1.30 bits per heavy atom. The first-order chi connectivity index (χ1) is 10.9. The van der Waals surface area contributed by atoms with Crippen LogP contribution in [0.1, 0.15) is 36.9 Å². The lowest BCUT2D eigenvalue weighted by atomic mass is 9.93. The SMILES string of the molecule is Cc1[nH]c(=O)[nH]c(=O)c1CC(=O)N1CCC[C@H](CCC(N)=O)C1. The number of primary amides is 1. The molecule has 1 aliphatic rings. The number of nitrogens with two attached hydrogens (primary N) is 1. The first kappa shape index (κ1) is 17.0. The van der Waals surface area contributed by atoms with Gasteiger partial charge in [-0.2, -0.15) is 0 Å². The quantitative estimate of drug-likeness (QED) is 0.669. The van der Waals surface area contributed by atoms with Crippen molar-refractivity contribution in [3.8, 4) is 0 Å². The Labute approximate surface area is 133 Å². The van der Waals surface area contributed by atoms with Crippen LogP contribution < -0.4 is 17.0 Å². The summed E-state index contributed by atoms with van der Waals surface area (Å²) in [5.41, 5.74) is 4.76. The van der Waals surface area contributed by atoms with Crippen LogP contribution in [0.5, 0.6) is 0 Å². The van der Waals surface area contributed by atoms with Gasteiger partial charge in [0.25, 0.3) is 5.56 Å². The molecule has 8 nitrogen and oxygen atoms in total. The number of likely N-dealkylation sites (tertiary alicyclic amines) is 1. The highest BCUT2D eigenvalue weighted by Gasteiger charge is 2.25. The number of nitrogens with zero attached hydrogens (tertiary/aromatic N) is 1. The van der Waals surface area contributed by atoms with Crippen LogP contribution in [-0.4, -0.2) is 39.8 Å². The minimum absolute atomic E-state index is 0.0412. The van der Waals surface area contributed by atoms with E-state index in [1.165, 1.54) is 0 Å². The number of aromatic nitrogens is 2. The van der Waals surface area contributed by atoms with Crippen LogP contribution in [-0.2, 0) is 16.0 Å². The number of H-pyrrole nitrogens is 2. The molecule has 1 atom stereocenters. The monoisotopic (exact) mass is 322 g/mol. The number of carbonyl (C=O) groups is 2. The van der Waals surface area contributed by atoms with Crippen molar-refractivity contribution in [2.75, 3.05) is 13.1 Å². The van der Waals surface area contributed by atoms with E-state index in [9.17, 15) is 19.2 Å². The normalized spacial score (nSPS) is 18.0. The molecule has 0 radical (unpaired) electrons. The summed E-state index contributed by atoms with van der Waals surface area (Å²) in [4.78, 5) is 52.7. The Balaban J connectivity index is 2.02. The number of piperidine rings is 1. The summed E-state index contributed by atoms with van der Waals surface area (Å²) in [6, 6.07) is 0. The Morgan fingerprint density at radius 3 is 2.70 bits per heavy atom. The van der Waals surface area contributed by atoms with Crippen LogP contribution in [0.2, 0.25) is 0 Å². The number of hydrogen-bond acceptors (Lipinski definition) is 4. The van der Waals surface area contributed by atoms with E-state index in [1.54, 1.807) is 11.8 Å². The molecule has 23 heavy (non-hydrogen) atoms. The molecule has 1 fully saturated rings. The number of amides is 2. The molecule has 0 aliphatic carbocycles. The summed E-state index contributed by atoms with van der Waals surface area (Å²) in [5, 5.41) is 0. The van der Waals surface area contributed by atoms with Crippen molar-refractivity contribution >= 4 is 11.8 Å². The summed E-state index contributed by atoms with van der Waals surface area (Å²) < 4.78 is 0. The molecule has 0 aromatic carbocycles. The van der Waals surface area contributed by atoms with Gasteiger partial charge in [-0.05, 0) is 32.1 Å². The lowest BCUT2D eigenvalue weighted by Gasteiger charge is -2.32. The van der Waals surface area contributed by atoms with E-state index in [4.69, 9.17) is 5.73 Å². The van der Waals surface area contributed by atoms with Gasteiger partial charge >= 0.3 is 5.69 Å². The van der Waals surface area contributed by atoms with Gasteiger partial charge in [-0.25, -0.2) is 4.79 Å². The van der Waals surface area contributed by atoms with Gasteiger partial charge < -0.3 is 15.6 Å². The molecule has 2 heterocycles. The number of hydrogen-bond donors (Lipinski definition) is 3. The maximum Gasteiger partial charge on any atom is 0.325 e. The van der Waals surface area contributed by atoms with Gasteiger partial charge in [0.2, 0.25) is 11.8 Å². The van der Waals surface area contributed by atoms with E-state index >= 15 is 0 Å². The Bertz CT molecular complexity index is 706. The van der Waals surface area contributed by atoms with Crippen LogP contribution in [0.25, 0.3) is 0 Å². The van der Waals surface area contributed by atoms with Gasteiger partial charge in [-0.1, -0.05) is 0 Å². The average Bonchev–Trinajstić information content (AvgIpc) is 2.49. The summed E-state index contributed by atoms with van der Waals surface area (Å²) in [6.07, 6.45) is 2.80. The second-order valence-electron chi connectivity index (χ2n) is 6.04. The van der Waals surface area contributed by atoms with Crippen molar-refractivity contribution in [3.05, 3.63) is 32.1 Å². The average molecular weight is 322 g/mol. The number of carbonyl (C=O) groups excluding carboxylic acids is 2. The highest BCUT2D eigenvalue weighted by atomic mass is 16.2. The van der Waals surface area contributed by atoms with Gasteiger partial charge in [-0.3, -0.25) is 19.4 Å². The minimum atomic E-state index is -0.576. The summed E-state index contributed by atoms with van der Waals surface area (Å²) in [7, 11) is 0. The van der Waals surface area contributed by atoms with Gasteiger partial charge in [0.1, 0.15) is 0 Å². The van der Waals surface area contributed by atoms with E-state index in [-0.39, 0.29) is 29.7 Å². The summed E-state index contributed by atoms with van der Waals surface area (Å²) >= 11 is 0. The molecule has 2 amide bonds. The number of nitrogens with one attached hydrogen (secondary N) is 2. The Morgan fingerprint density at radius 2 is 2.04 bits per heavy atom. The molecule has 8 heteroatoms. The third-order valence-corrected chi connectivity index (χ3v) is 4.25. The number of rotatable bonds is 5. The first-order valence-corrected chi connectivity index (χ1v) is 7.75. The molecule has 0 spiro atoms. The van der Waals surface area contributed by atoms with Crippen molar-refractivity contribution in [1.82, 2.24) is 14.9 Å². The zero-order valence-corrected chi connectivity index (χ0v) is 13.2. The number of aromatic amines is 2.